The largest absolute Gasteiger partial charge is 0.493 e. The summed E-state index contributed by atoms with van der Waals surface area (Å²) in [5.74, 6) is 2.07. The second-order valence-electron chi connectivity index (χ2n) is 8.58. The number of unbranched alkanes of at least 4 members (excludes halogenated alkanes) is 10. The molecule has 2 nitrogen and oxygen atoms in total. The lowest BCUT2D eigenvalue weighted by Gasteiger charge is -2.17. The third kappa shape index (κ3) is 10.0. The molecule has 0 spiro atoms. The number of hydrogen-bond acceptors (Lipinski definition) is 2. The van der Waals surface area contributed by atoms with Gasteiger partial charge in [-0.1, -0.05) is 114 Å². The van der Waals surface area contributed by atoms with Gasteiger partial charge >= 0.3 is 0 Å². The minimum atomic E-state index is 0.793. The zero-order valence-electron chi connectivity index (χ0n) is 20.0. The van der Waals surface area contributed by atoms with Gasteiger partial charge in [0.2, 0.25) is 0 Å². The minimum Gasteiger partial charge on any atom is -0.493 e. The lowest BCUT2D eigenvalue weighted by atomic mass is 10.0. The van der Waals surface area contributed by atoms with Gasteiger partial charge in [0.25, 0.3) is 0 Å². The summed E-state index contributed by atoms with van der Waals surface area (Å²) in [6, 6.07) is 10.8. The van der Waals surface area contributed by atoms with E-state index in [0.717, 1.165) is 54.6 Å². The SMILES string of the molecule is CCc1cc(OCCCCCCCCBr)c2ccccc2c1OCCCCCCCCBr. The molecule has 0 saturated heterocycles. The number of aryl methyl sites for hydroxylation is 1. The molecule has 32 heavy (non-hydrogen) atoms. The molecule has 2 rings (SSSR count). The molecule has 0 radical (unpaired) electrons. The van der Waals surface area contributed by atoms with Crippen molar-refractivity contribution in [2.45, 2.75) is 90.4 Å². The molecule has 0 atom stereocenters. The second kappa shape index (κ2) is 17.7. The molecule has 0 N–H and O–H groups in total. The van der Waals surface area contributed by atoms with Crippen molar-refractivity contribution in [3.8, 4) is 11.5 Å². The highest BCUT2D eigenvalue weighted by atomic mass is 79.9. The first kappa shape index (κ1) is 27.5. The van der Waals surface area contributed by atoms with Crippen molar-refractivity contribution in [3.05, 3.63) is 35.9 Å². The molecule has 0 heterocycles. The summed E-state index contributed by atoms with van der Waals surface area (Å²) in [6.45, 7) is 3.79. The molecule has 0 saturated carbocycles. The Hall–Kier alpha value is -0.740. The number of fused-ring (bicyclic) bond motifs is 1. The number of alkyl halides is 2. The van der Waals surface area contributed by atoms with E-state index in [0.29, 0.717) is 0 Å². The van der Waals surface area contributed by atoms with E-state index in [2.05, 4.69) is 69.1 Å². The molecule has 2 aromatic carbocycles. The van der Waals surface area contributed by atoms with E-state index in [1.54, 1.807) is 0 Å². The number of halogens is 2. The van der Waals surface area contributed by atoms with Gasteiger partial charge in [0, 0.05) is 21.4 Å². The van der Waals surface area contributed by atoms with Crippen LogP contribution in [0.15, 0.2) is 30.3 Å². The van der Waals surface area contributed by atoms with E-state index in [4.69, 9.17) is 9.47 Å². The number of hydrogen-bond donors (Lipinski definition) is 0. The topological polar surface area (TPSA) is 18.5 Å². The molecule has 0 aliphatic heterocycles. The monoisotopic (exact) mass is 568 g/mol. The summed E-state index contributed by atoms with van der Waals surface area (Å²) in [5, 5.41) is 4.61. The molecule has 0 aromatic heterocycles. The van der Waals surface area contributed by atoms with Crippen LogP contribution in [0.3, 0.4) is 0 Å². The highest BCUT2D eigenvalue weighted by molar-refractivity contribution is 9.09. The second-order valence-corrected chi connectivity index (χ2v) is 10.2. The van der Waals surface area contributed by atoms with Gasteiger partial charge < -0.3 is 9.47 Å². The fourth-order valence-electron chi connectivity index (χ4n) is 4.09. The highest BCUT2D eigenvalue weighted by Crippen LogP contribution is 2.37. The van der Waals surface area contributed by atoms with E-state index in [1.807, 2.05) is 0 Å². The van der Waals surface area contributed by atoms with E-state index in [1.165, 1.54) is 80.5 Å². The first-order valence-corrected chi connectivity index (χ1v) is 15.0. The molecule has 0 aliphatic carbocycles. The fourth-order valence-corrected chi connectivity index (χ4v) is 4.88. The van der Waals surface area contributed by atoms with Crippen molar-refractivity contribution in [2.75, 3.05) is 23.9 Å². The Balaban J connectivity index is 1.89. The number of benzene rings is 2. The Morgan fingerprint density at radius 3 is 1.69 bits per heavy atom. The van der Waals surface area contributed by atoms with E-state index in [9.17, 15) is 0 Å². The van der Waals surface area contributed by atoms with Crippen molar-refractivity contribution in [3.63, 3.8) is 0 Å². The maximum Gasteiger partial charge on any atom is 0.130 e. The quantitative estimate of drug-likeness (QED) is 0.124. The molecular weight excluding hydrogens is 528 g/mol. The molecule has 0 unspecified atom stereocenters. The summed E-state index contributed by atoms with van der Waals surface area (Å²) in [5.41, 5.74) is 1.26. The third-order valence-corrected chi connectivity index (χ3v) is 7.10. The van der Waals surface area contributed by atoms with Gasteiger partial charge in [-0.15, -0.1) is 0 Å². The maximum atomic E-state index is 6.35. The average molecular weight is 570 g/mol. The lowest BCUT2D eigenvalue weighted by molar-refractivity contribution is 0.299. The van der Waals surface area contributed by atoms with Crippen LogP contribution < -0.4 is 9.47 Å². The van der Waals surface area contributed by atoms with Gasteiger partial charge in [-0.05, 0) is 43.7 Å². The normalized spacial score (nSPS) is 11.2. The first-order chi connectivity index (χ1) is 15.8. The minimum absolute atomic E-state index is 0.793. The van der Waals surface area contributed by atoms with Crippen molar-refractivity contribution < 1.29 is 9.47 Å². The van der Waals surface area contributed by atoms with Gasteiger partial charge in [0.1, 0.15) is 11.5 Å². The summed E-state index contributed by atoms with van der Waals surface area (Å²) in [4.78, 5) is 0. The fraction of sp³-hybridized carbons (Fsp3) is 0.643. The summed E-state index contributed by atoms with van der Waals surface area (Å²) < 4.78 is 12.6. The smallest absolute Gasteiger partial charge is 0.130 e. The van der Waals surface area contributed by atoms with E-state index in [-0.39, 0.29) is 0 Å². The maximum absolute atomic E-state index is 6.35. The zero-order chi connectivity index (χ0) is 22.9. The average Bonchev–Trinajstić information content (AvgIpc) is 2.82. The molecule has 0 fully saturated rings. The van der Waals surface area contributed by atoms with Crippen LogP contribution in [0.1, 0.15) is 89.5 Å². The Morgan fingerprint density at radius 2 is 1.12 bits per heavy atom. The standard InChI is InChI=1S/C28H42Br2O2/c1-2-24-23-27(31-21-15-9-5-3-7-13-19-29)25-17-11-12-18-26(25)28(24)32-22-16-10-6-4-8-14-20-30/h11-12,17-18,23H,2-10,13-16,19-22H2,1H3. The van der Waals surface area contributed by atoms with Gasteiger partial charge in [-0.25, -0.2) is 0 Å². The Kier molecular flexibility index (Phi) is 15.2. The molecule has 180 valence electrons. The van der Waals surface area contributed by atoms with Crippen LogP contribution in [0.5, 0.6) is 11.5 Å². The van der Waals surface area contributed by atoms with Gasteiger partial charge in [0.05, 0.1) is 13.2 Å². The van der Waals surface area contributed by atoms with Crippen molar-refractivity contribution in [2.24, 2.45) is 0 Å². The molecule has 4 heteroatoms. The number of rotatable bonds is 19. The summed E-state index contributed by atoms with van der Waals surface area (Å²) in [6.07, 6.45) is 16.2. The lowest BCUT2D eigenvalue weighted by Crippen LogP contribution is -2.03. The molecule has 2 aromatic rings. The number of ether oxygens (including phenoxy) is 2. The predicted molar refractivity (Wildman–Crippen MR) is 147 cm³/mol. The van der Waals surface area contributed by atoms with Crippen LogP contribution in [0, 0.1) is 0 Å². The van der Waals surface area contributed by atoms with Crippen LogP contribution in [0.4, 0.5) is 0 Å². The molecule has 0 bridgehead atoms. The van der Waals surface area contributed by atoms with Crippen LogP contribution in [0.2, 0.25) is 0 Å². The molecule has 0 amide bonds. The van der Waals surface area contributed by atoms with E-state index < -0.39 is 0 Å². The Morgan fingerprint density at radius 1 is 0.625 bits per heavy atom. The zero-order valence-corrected chi connectivity index (χ0v) is 23.2. The van der Waals surface area contributed by atoms with Crippen LogP contribution >= 0.6 is 31.9 Å². The van der Waals surface area contributed by atoms with Crippen LogP contribution in [0.25, 0.3) is 10.8 Å². The summed E-state index contributed by atoms with van der Waals surface area (Å²) in [7, 11) is 0. The van der Waals surface area contributed by atoms with Crippen LogP contribution in [-0.4, -0.2) is 23.9 Å². The first-order valence-electron chi connectivity index (χ1n) is 12.7. The van der Waals surface area contributed by atoms with Gasteiger partial charge in [-0.3, -0.25) is 0 Å². The van der Waals surface area contributed by atoms with Crippen molar-refractivity contribution in [1.29, 1.82) is 0 Å². The molecule has 0 aliphatic rings. The predicted octanol–water partition coefficient (Wildman–Crippen LogP) is 9.63. The van der Waals surface area contributed by atoms with E-state index >= 15 is 0 Å². The van der Waals surface area contributed by atoms with Crippen molar-refractivity contribution in [1.82, 2.24) is 0 Å². The summed E-state index contributed by atoms with van der Waals surface area (Å²) >= 11 is 7.01. The van der Waals surface area contributed by atoms with Gasteiger partial charge in [-0.2, -0.15) is 0 Å². The Labute approximate surface area is 213 Å². The van der Waals surface area contributed by atoms with Crippen LogP contribution in [-0.2, 0) is 6.42 Å². The van der Waals surface area contributed by atoms with Crippen molar-refractivity contribution >= 4 is 42.6 Å². The molecular formula is C28H42Br2O2. The highest BCUT2D eigenvalue weighted by Gasteiger charge is 2.13. The Bertz CT molecular complexity index is 748. The van der Waals surface area contributed by atoms with Gasteiger partial charge in [0.15, 0.2) is 0 Å². The third-order valence-electron chi connectivity index (χ3n) is 5.97.